The Kier molecular flexibility index (Phi) is 9.18. The molecule has 0 N–H and O–H groups in total. The van der Waals surface area contributed by atoms with E-state index < -0.39 is 0 Å². The third-order valence-corrected chi connectivity index (χ3v) is 8.51. The van der Waals surface area contributed by atoms with Crippen LogP contribution in [0.3, 0.4) is 0 Å². The molecule has 0 aromatic heterocycles. The van der Waals surface area contributed by atoms with Crippen LogP contribution in [0.5, 0.6) is 0 Å². The first-order valence-corrected chi connectivity index (χ1v) is 12.9. The van der Waals surface area contributed by atoms with Gasteiger partial charge in [0.1, 0.15) is 6.10 Å². The molecule has 0 spiro atoms. The van der Waals surface area contributed by atoms with Crippen LogP contribution in [-0.4, -0.2) is 12.1 Å². The molecule has 2 nitrogen and oxygen atoms in total. The zero-order valence-electron chi connectivity index (χ0n) is 18.8. The summed E-state index contributed by atoms with van der Waals surface area (Å²) in [6.45, 7) is 4.22. The van der Waals surface area contributed by atoms with Crippen molar-refractivity contribution in [3.63, 3.8) is 0 Å². The summed E-state index contributed by atoms with van der Waals surface area (Å²) in [6.07, 6.45) is 23.3. The molecule has 0 amide bonds. The Balaban J connectivity index is 1.36. The summed E-state index contributed by atoms with van der Waals surface area (Å²) in [5.41, 5.74) is 0. The van der Waals surface area contributed by atoms with E-state index in [1.165, 1.54) is 89.9 Å². The molecule has 0 heterocycles. The lowest BCUT2D eigenvalue weighted by Gasteiger charge is -2.41. The minimum absolute atomic E-state index is 0.000319. The Morgan fingerprint density at radius 2 is 1.36 bits per heavy atom. The van der Waals surface area contributed by atoms with Crippen LogP contribution in [0, 0.1) is 29.6 Å². The van der Waals surface area contributed by atoms with Gasteiger partial charge >= 0.3 is 5.97 Å². The van der Waals surface area contributed by atoms with Gasteiger partial charge in [0, 0.05) is 6.42 Å². The van der Waals surface area contributed by atoms with Gasteiger partial charge < -0.3 is 4.74 Å². The summed E-state index contributed by atoms with van der Waals surface area (Å²) in [5.74, 6) is 4.82. The van der Waals surface area contributed by atoms with Gasteiger partial charge in [0.15, 0.2) is 0 Å². The summed E-state index contributed by atoms with van der Waals surface area (Å²) in [7, 11) is 0. The predicted molar refractivity (Wildman–Crippen MR) is 117 cm³/mol. The van der Waals surface area contributed by atoms with E-state index >= 15 is 0 Å². The molecule has 3 saturated carbocycles. The third kappa shape index (κ3) is 6.49. The first-order chi connectivity index (χ1) is 13.7. The molecular formula is C26H46O2. The van der Waals surface area contributed by atoms with Crippen LogP contribution in [0.1, 0.15) is 123 Å². The molecule has 0 radical (unpaired) electrons. The highest BCUT2D eigenvalue weighted by atomic mass is 16.5. The molecular weight excluding hydrogens is 344 g/mol. The van der Waals surface area contributed by atoms with Crippen molar-refractivity contribution in [1.29, 1.82) is 0 Å². The smallest absolute Gasteiger partial charge is 0.305 e. The predicted octanol–water partition coefficient (Wildman–Crippen LogP) is 7.69. The summed E-state index contributed by atoms with van der Waals surface area (Å²) < 4.78 is 5.68. The average Bonchev–Trinajstić information content (AvgIpc) is 2.75. The zero-order chi connectivity index (χ0) is 19.8. The van der Waals surface area contributed by atoms with Gasteiger partial charge in [-0.1, -0.05) is 52.4 Å². The second-order valence-electron chi connectivity index (χ2n) is 10.3. The van der Waals surface area contributed by atoms with Crippen molar-refractivity contribution >= 4 is 5.97 Å². The molecule has 162 valence electrons. The number of esters is 1. The fourth-order valence-corrected chi connectivity index (χ4v) is 6.70. The standard InChI is InChI=1S/C26H46O2/c1-3-5-6-8-20-11-13-21(14-12-20)22-15-17-23(18-16-22)24-9-7-10-25(19-24)28-26(27)4-2/h20-25H,3-19H2,1-2H3/t20?,21?,22?,23?,24-,25+/m0/s1. The molecule has 0 aromatic rings. The largest absolute Gasteiger partial charge is 0.462 e. The van der Waals surface area contributed by atoms with Crippen LogP contribution in [0.25, 0.3) is 0 Å². The summed E-state index contributed by atoms with van der Waals surface area (Å²) in [6, 6.07) is 0. The second kappa shape index (κ2) is 11.6. The van der Waals surface area contributed by atoms with Gasteiger partial charge in [-0.3, -0.25) is 4.79 Å². The molecule has 3 rings (SSSR count). The summed E-state index contributed by atoms with van der Waals surface area (Å²) in [4.78, 5) is 11.7. The highest BCUT2D eigenvalue weighted by Crippen LogP contribution is 2.46. The molecule has 2 atom stereocenters. The lowest BCUT2D eigenvalue weighted by atomic mass is 9.65. The van der Waals surface area contributed by atoms with Gasteiger partial charge in [-0.05, 0) is 93.8 Å². The van der Waals surface area contributed by atoms with E-state index in [4.69, 9.17) is 4.74 Å². The highest BCUT2D eigenvalue weighted by Gasteiger charge is 2.35. The van der Waals surface area contributed by atoms with Gasteiger partial charge in [0.25, 0.3) is 0 Å². The fraction of sp³-hybridized carbons (Fsp3) is 0.962. The number of ether oxygens (including phenoxy) is 1. The minimum Gasteiger partial charge on any atom is -0.462 e. The Labute approximate surface area is 174 Å². The second-order valence-corrected chi connectivity index (χ2v) is 10.3. The molecule has 0 bridgehead atoms. The van der Waals surface area contributed by atoms with E-state index in [0.29, 0.717) is 6.42 Å². The van der Waals surface area contributed by atoms with Crippen molar-refractivity contribution in [3.05, 3.63) is 0 Å². The van der Waals surface area contributed by atoms with Crippen molar-refractivity contribution in [2.45, 2.75) is 129 Å². The van der Waals surface area contributed by atoms with Gasteiger partial charge in [0.05, 0.1) is 0 Å². The maximum Gasteiger partial charge on any atom is 0.305 e. The van der Waals surface area contributed by atoms with E-state index in [-0.39, 0.29) is 12.1 Å². The Morgan fingerprint density at radius 1 is 0.750 bits per heavy atom. The van der Waals surface area contributed by atoms with Gasteiger partial charge in [-0.2, -0.15) is 0 Å². The van der Waals surface area contributed by atoms with Crippen LogP contribution in [-0.2, 0) is 9.53 Å². The highest BCUT2D eigenvalue weighted by molar-refractivity contribution is 5.69. The number of hydrogen-bond donors (Lipinski definition) is 0. The van der Waals surface area contributed by atoms with Crippen molar-refractivity contribution in [2.75, 3.05) is 0 Å². The van der Waals surface area contributed by atoms with Gasteiger partial charge in [-0.25, -0.2) is 0 Å². The number of unbranched alkanes of at least 4 members (excludes halogenated alkanes) is 2. The SMILES string of the molecule is CCCCCC1CCC(C2CCC([C@H]3CCC[C@@H](OC(=O)CC)C3)CC2)CC1. The molecule has 0 unspecified atom stereocenters. The first kappa shape index (κ1) is 22.2. The maximum absolute atomic E-state index is 11.7. The maximum atomic E-state index is 11.7. The van der Waals surface area contributed by atoms with E-state index in [1.807, 2.05) is 6.92 Å². The Bertz CT molecular complexity index is 443. The Morgan fingerprint density at radius 3 is 1.96 bits per heavy atom. The number of carbonyl (C=O) groups is 1. The van der Waals surface area contributed by atoms with E-state index in [2.05, 4.69) is 6.92 Å². The van der Waals surface area contributed by atoms with Crippen LogP contribution >= 0.6 is 0 Å². The van der Waals surface area contributed by atoms with E-state index in [9.17, 15) is 4.79 Å². The molecule has 0 saturated heterocycles. The first-order valence-electron chi connectivity index (χ1n) is 12.9. The molecule has 2 heteroatoms. The Hall–Kier alpha value is -0.530. The number of carbonyl (C=O) groups excluding carboxylic acids is 1. The molecule has 3 fully saturated rings. The van der Waals surface area contributed by atoms with Crippen molar-refractivity contribution in [2.24, 2.45) is 29.6 Å². The van der Waals surface area contributed by atoms with Gasteiger partial charge in [0.2, 0.25) is 0 Å². The van der Waals surface area contributed by atoms with Crippen molar-refractivity contribution in [3.8, 4) is 0 Å². The lowest BCUT2D eigenvalue weighted by Crippen LogP contribution is -2.32. The minimum atomic E-state index is -0.000319. The molecule has 3 aliphatic carbocycles. The van der Waals surface area contributed by atoms with Gasteiger partial charge in [-0.15, -0.1) is 0 Å². The topological polar surface area (TPSA) is 26.3 Å². The lowest BCUT2D eigenvalue weighted by molar-refractivity contribution is -0.151. The van der Waals surface area contributed by atoms with Crippen LogP contribution in [0.15, 0.2) is 0 Å². The zero-order valence-corrected chi connectivity index (χ0v) is 18.8. The van der Waals surface area contributed by atoms with Crippen LogP contribution in [0.2, 0.25) is 0 Å². The summed E-state index contributed by atoms with van der Waals surface area (Å²) in [5, 5.41) is 0. The molecule has 0 aliphatic heterocycles. The van der Waals surface area contributed by atoms with E-state index in [0.717, 1.165) is 42.4 Å². The third-order valence-electron chi connectivity index (χ3n) is 8.51. The van der Waals surface area contributed by atoms with Crippen LogP contribution in [0.4, 0.5) is 0 Å². The van der Waals surface area contributed by atoms with Crippen molar-refractivity contribution < 1.29 is 9.53 Å². The molecule has 0 aromatic carbocycles. The quantitative estimate of drug-likeness (QED) is 0.313. The monoisotopic (exact) mass is 390 g/mol. The average molecular weight is 391 g/mol. The fourth-order valence-electron chi connectivity index (χ4n) is 6.70. The molecule has 28 heavy (non-hydrogen) atoms. The summed E-state index contributed by atoms with van der Waals surface area (Å²) >= 11 is 0. The van der Waals surface area contributed by atoms with Crippen molar-refractivity contribution in [1.82, 2.24) is 0 Å². The normalized spacial score (nSPS) is 36.8. The number of hydrogen-bond acceptors (Lipinski definition) is 2. The van der Waals surface area contributed by atoms with E-state index in [1.54, 1.807) is 0 Å². The van der Waals surface area contributed by atoms with Crippen LogP contribution < -0.4 is 0 Å². The number of rotatable bonds is 8. The molecule has 3 aliphatic rings.